The van der Waals surface area contributed by atoms with Crippen LogP contribution < -0.4 is 13.7 Å². The summed E-state index contributed by atoms with van der Waals surface area (Å²) in [5.74, 6) is -2.54. The summed E-state index contributed by atoms with van der Waals surface area (Å²) < 4.78 is 68.0. The van der Waals surface area contributed by atoms with Gasteiger partial charge in [0.2, 0.25) is 11.2 Å². The van der Waals surface area contributed by atoms with E-state index >= 15 is 17.6 Å². The number of halogens is 4. The summed E-state index contributed by atoms with van der Waals surface area (Å²) in [6.07, 6.45) is 6.42. The second-order valence-corrected chi connectivity index (χ2v) is 11.8. The Bertz CT molecular complexity index is 2060. The normalized spacial score (nSPS) is 20.3. The highest BCUT2D eigenvalue weighted by molar-refractivity contribution is 5.80. The minimum atomic E-state index is -1.08. The lowest BCUT2D eigenvalue weighted by Crippen LogP contribution is -2.77. The van der Waals surface area contributed by atoms with Crippen molar-refractivity contribution in [3.05, 3.63) is 173 Å². The summed E-state index contributed by atoms with van der Waals surface area (Å²) >= 11 is 0. The maximum atomic E-state index is 15.7. The zero-order chi connectivity index (χ0) is 29.8. The van der Waals surface area contributed by atoms with E-state index in [1.165, 1.54) is 12.1 Å². The van der Waals surface area contributed by atoms with Crippen LogP contribution in [0.25, 0.3) is 22.4 Å². The van der Waals surface area contributed by atoms with Crippen molar-refractivity contribution in [3.8, 4) is 22.4 Å². The monoisotopic (exact) mass is 586 g/mol. The first-order valence-corrected chi connectivity index (χ1v) is 14.5. The molecule has 9 rings (SSSR count). The lowest BCUT2D eigenvalue weighted by Gasteiger charge is -2.32. The summed E-state index contributed by atoms with van der Waals surface area (Å²) in [7, 11) is 0. The zero-order valence-corrected chi connectivity index (χ0v) is 23.3. The third-order valence-corrected chi connectivity index (χ3v) is 9.71. The van der Waals surface area contributed by atoms with Crippen LogP contribution in [0.2, 0.25) is 0 Å². The van der Waals surface area contributed by atoms with Gasteiger partial charge < -0.3 is 0 Å². The van der Waals surface area contributed by atoms with E-state index in [0.29, 0.717) is 40.8 Å². The second kappa shape index (κ2) is 8.69. The molecule has 3 nitrogen and oxygen atoms in total. The van der Waals surface area contributed by atoms with Crippen molar-refractivity contribution < 1.29 is 31.3 Å². The SMILES string of the molecule is Fc1cc(F)c2c(c1)C1(Cc3cccc[n+]3C3(Cc4cccc[n+]41)c1cc(F)cc(F)c1-c1cccc[n+]13)c1ccccc1-2. The highest BCUT2D eigenvalue weighted by atomic mass is 19.1. The number of pyridine rings is 3. The van der Waals surface area contributed by atoms with E-state index in [-0.39, 0.29) is 0 Å². The van der Waals surface area contributed by atoms with Crippen LogP contribution in [0.1, 0.15) is 28.1 Å². The van der Waals surface area contributed by atoms with Gasteiger partial charge in [-0.05, 0) is 23.8 Å². The van der Waals surface area contributed by atoms with Gasteiger partial charge in [0.05, 0.1) is 5.56 Å². The van der Waals surface area contributed by atoms with Gasteiger partial charge in [-0.25, -0.2) is 17.6 Å². The maximum Gasteiger partial charge on any atom is 0.399 e. The number of nitrogens with zero attached hydrogens (tertiary/aromatic N) is 3. The van der Waals surface area contributed by atoms with Crippen LogP contribution in [0.3, 0.4) is 0 Å². The third kappa shape index (κ3) is 3.03. The van der Waals surface area contributed by atoms with Crippen molar-refractivity contribution in [2.75, 3.05) is 0 Å². The first kappa shape index (κ1) is 25.3. The van der Waals surface area contributed by atoms with Crippen molar-refractivity contribution in [2.45, 2.75) is 24.0 Å². The first-order chi connectivity index (χ1) is 21.4. The number of rotatable bonds is 0. The Labute approximate surface area is 250 Å². The molecule has 0 saturated heterocycles. The molecule has 44 heavy (non-hydrogen) atoms. The van der Waals surface area contributed by atoms with Gasteiger partial charge in [-0.2, -0.15) is 4.57 Å². The number of hydrogen-bond donors (Lipinski definition) is 0. The Hall–Kier alpha value is -5.17. The summed E-state index contributed by atoms with van der Waals surface area (Å²) in [6.45, 7) is 0. The lowest BCUT2D eigenvalue weighted by molar-refractivity contribution is -0.981. The maximum absolute atomic E-state index is 15.7. The molecule has 7 heteroatoms. The van der Waals surface area contributed by atoms with E-state index in [1.807, 2.05) is 102 Å². The van der Waals surface area contributed by atoms with Gasteiger partial charge in [-0.1, -0.05) is 36.4 Å². The van der Waals surface area contributed by atoms with Gasteiger partial charge >= 0.3 is 5.66 Å². The molecule has 0 saturated carbocycles. The van der Waals surface area contributed by atoms with Crippen molar-refractivity contribution in [2.24, 2.45) is 0 Å². The highest BCUT2D eigenvalue weighted by Crippen LogP contribution is 2.51. The molecule has 0 N–H and O–H groups in total. The van der Waals surface area contributed by atoms with Crippen LogP contribution in [-0.2, 0) is 24.0 Å². The molecule has 2 aliphatic heterocycles. The predicted molar refractivity (Wildman–Crippen MR) is 153 cm³/mol. The molecule has 3 aliphatic rings. The van der Waals surface area contributed by atoms with E-state index in [0.717, 1.165) is 34.6 Å². The molecular formula is C37H24F4N3+3. The standard InChI is InChI=1S/C37H24F4N3/c38-23-17-29-34(31(40)19-23)27-11-1-2-12-28(27)36(29)21-25-9-4-7-15-43(25)37(22-26-10-3-6-14-42(26)36)30-18-24(39)20-32(41)35(30)33-13-5-8-16-44(33)37/h1-20H,21-22H2/q+3. The van der Waals surface area contributed by atoms with Gasteiger partial charge in [0.15, 0.2) is 36.4 Å². The van der Waals surface area contributed by atoms with Crippen molar-refractivity contribution in [3.63, 3.8) is 0 Å². The molecule has 1 aliphatic carbocycles. The van der Waals surface area contributed by atoms with E-state index in [9.17, 15) is 0 Å². The number of hydrogen-bond acceptors (Lipinski definition) is 0. The van der Waals surface area contributed by atoms with Gasteiger partial charge in [0.25, 0.3) is 0 Å². The van der Waals surface area contributed by atoms with Gasteiger partial charge in [-0.15, -0.1) is 9.13 Å². The number of aromatic nitrogens is 3. The second-order valence-electron chi connectivity index (χ2n) is 11.8. The Morgan fingerprint density at radius 1 is 0.500 bits per heavy atom. The molecule has 2 atom stereocenters. The molecular weight excluding hydrogens is 562 g/mol. The predicted octanol–water partition coefficient (Wildman–Crippen LogP) is 5.91. The zero-order valence-electron chi connectivity index (χ0n) is 23.3. The fraction of sp³-hybridized carbons (Fsp3) is 0.108. The van der Waals surface area contributed by atoms with Gasteiger partial charge in [-0.3, -0.25) is 0 Å². The molecule has 0 bridgehead atoms. The Morgan fingerprint density at radius 2 is 1.09 bits per heavy atom. The topological polar surface area (TPSA) is 11.6 Å². The van der Waals surface area contributed by atoms with E-state index in [1.54, 1.807) is 0 Å². The Balaban J connectivity index is 1.44. The number of fused-ring (bicyclic) bond motifs is 14. The molecule has 6 aromatic rings. The largest absolute Gasteiger partial charge is 0.399 e. The molecule has 212 valence electrons. The molecule has 0 amide bonds. The van der Waals surface area contributed by atoms with Crippen molar-refractivity contribution in [1.82, 2.24) is 0 Å². The Morgan fingerprint density at radius 3 is 1.86 bits per heavy atom. The molecule has 3 aromatic heterocycles. The van der Waals surface area contributed by atoms with Gasteiger partial charge in [0, 0.05) is 65.2 Å². The summed E-state index contributed by atoms with van der Waals surface area (Å²) in [5, 5.41) is 0. The van der Waals surface area contributed by atoms with E-state index < -0.39 is 34.5 Å². The third-order valence-electron chi connectivity index (χ3n) is 9.71. The smallest absolute Gasteiger partial charge is 0.207 e. The average Bonchev–Trinajstić information content (AvgIpc) is 3.45. The number of benzene rings is 3. The molecule has 3 aromatic carbocycles. The Kier molecular flexibility index (Phi) is 5.01. The van der Waals surface area contributed by atoms with Crippen LogP contribution in [-0.4, -0.2) is 0 Å². The van der Waals surface area contributed by atoms with Crippen LogP contribution >= 0.6 is 0 Å². The molecule has 5 heterocycles. The summed E-state index contributed by atoms with van der Waals surface area (Å²) in [6, 6.07) is 29.7. The first-order valence-electron chi connectivity index (χ1n) is 14.5. The van der Waals surface area contributed by atoms with E-state index in [2.05, 4.69) is 9.13 Å². The minimum absolute atomic E-state index is 0.296. The van der Waals surface area contributed by atoms with Gasteiger partial charge in [0.1, 0.15) is 35.3 Å². The summed E-state index contributed by atoms with van der Waals surface area (Å²) in [4.78, 5) is 0. The quantitative estimate of drug-likeness (QED) is 0.155. The fourth-order valence-corrected chi connectivity index (χ4v) is 8.17. The van der Waals surface area contributed by atoms with E-state index in [4.69, 9.17) is 0 Å². The average molecular weight is 587 g/mol. The molecule has 0 fully saturated rings. The lowest BCUT2D eigenvalue weighted by atomic mass is 9.79. The fourth-order valence-electron chi connectivity index (χ4n) is 8.17. The van der Waals surface area contributed by atoms with Crippen LogP contribution in [0, 0.1) is 23.3 Å². The molecule has 2 unspecified atom stereocenters. The van der Waals surface area contributed by atoms with Crippen molar-refractivity contribution in [1.29, 1.82) is 0 Å². The van der Waals surface area contributed by atoms with Crippen LogP contribution in [0.15, 0.2) is 122 Å². The molecule has 2 spiro atoms. The molecule has 0 radical (unpaired) electrons. The summed E-state index contributed by atoms with van der Waals surface area (Å²) in [5.41, 5.74) is 3.59. The minimum Gasteiger partial charge on any atom is -0.207 e. The van der Waals surface area contributed by atoms with Crippen molar-refractivity contribution >= 4 is 0 Å². The van der Waals surface area contributed by atoms with Crippen LogP contribution in [0.4, 0.5) is 17.6 Å². The highest BCUT2D eigenvalue weighted by Gasteiger charge is 2.66. The van der Waals surface area contributed by atoms with Crippen LogP contribution in [0.5, 0.6) is 0 Å².